The molecule has 0 spiro atoms. The molecule has 0 fully saturated rings. The summed E-state index contributed by atoms with van der Waals surface area (Å²) in [5.41, 5.74) is 17.3. The first kappa shape index (κ1) is 57.9. The van der Waals surface area contributed by atoms with E-state index in [0.717, 1.165) is 127 Å². The van der Waals surface area contributed by atoms with Crippen molar-refractivity contribution in [1.82, 2.24) is 0 Å². The highest BCUT2D eigenvalue weighted by atomic mass is 32.2. The molecule has 0 radical (unpaired) electrons. The summed E-state index contributed by atoms with van der Waals surface area (Å²) in [6.45, 7) is 0. The van der Waals surface area contributed by atoms with Gasteiger partial charge in [0, 0.05) is 21.5 Å². The van der Waals surface area contributed by atoms with E-state index in [1.54, 1.807) is 11.8 Å². The van der Waals surface area contributed by atoms with E-state index in [4.69, 9.17) is 23.0 Å². The SMILES string of the molecule is c1ccc2c(c1)Oc1ccc(-c3cc(-c4ccc5oc6ccccc6c5c4)cc(-c4ccc5c6ccccc6c6ccccc6c5c4)c3)cc1O2.c1ccc2c(c1)Oc1ccc(-c3cc(-c4ccc5oc6ccccc6c5c4)cc(-c4ccc5c6ccccc6c6ccccc6c5c4)c3)cc1S2. The number of para-hydroxylation sites is 5. The van der Waals surface area contributed by atoms with Gasteiger partial charge in [0.05, 0.1) is 9.79 Å². The maximum atomic E-state index is 6.34. The largest absolute Gasteiger partial charge is 0.456 e. The van der Waals surface area contributed by atoms with Crippen LogP contribution in [0, 0.1) is 0 Å². The molecule has 5 nitrogen and oxygen atoms in total. The molecule has 0 aliphatic carbocycles. The first-order chi connectivity index (χ1) is 50.5. The average Bonchev–Trinajstić information content (AvgIpc) is 0.899. The van der Waals surface area contributed by atoms with E-state index >= 15 is 0 Å². The highest BCUT2D eigenvalue weighted by Crippen LogP contribution is 2.51. The Labute approximate surface area is 590 Å². The van der Waals surface area contributed by atoms with Gasteiger partial charge in [0.25, 0.3) is 0 Å². The van der Waals surface area contributed by atoms with Crippen molar-refractivity contribution in [2.75, 3.05) is 0 Å². The van der Waals surface area contributed by atoms with Gasteiger partial charge in [0.1, 0.15) is 33.8 Å². The third kappa shape index (κ3) is 9.71. The lowest BCUT2D eigenvalue weighted by Crippen LogP contribution is -1.98. The molecule has 22 rings (SSSR count). The number of furan rings is 2. The molecule has 0 amide bonds. The van der Waals surface area contributed by atoms with E-state index in [-0.39, 0.29) is 0 Å². The van der Waals surface area contributed by atoms with Gasteiger partial charge in [-0.15, -0.1) is 0 Å². The Bertz CT molecular complexity index is 6430. The topological polar surface area (TPSA) is 54.0 Å². The van der Waals surface area contributed by atoms with Gasteiger partial charge < -0.3 is 23.0 Å². The van der Waals surface area contributed by atoms with Crippen LogP contribution >= 0.6 is 11.8 Å². The molecule has 0 atom stereocenters. The van der Waals surface area contributed by atoms with Crippen molar-refractivity contribution in [3.05, 3.63) is 340 Å². The second-order valence-electron chi connectivity index (χ2n) is 26.5. The van der Waals surface area contributed by atoms with Crippen LogP contribution in [0.1, 0.15) is 0 Å². The molecule has 20 aromatic rings. The van der Waals surface area contributed by atoms with Gasteiger partial charge in [-0.25, -0.2) is 0 Å². The van der Waals surface area contributed by atoms with Crippen molar-refractivity contribution in [2.24, 2.45) is 0 Å². The molecular weight excluding hydrogens is 1270 g/mol. The molecule has 0 N–H and O–H groups in total. The molecule has 2 aromatic heterocycles. The summed E-state index contributed by atoms with van der Waals surface area (Å²) in [4.78, 5) is 2.25. The van der Waals surface area contributed by atoms with Gasteiger partial charge in [-0.1, -0.05) is 218 Å². The van der Waals surface area contributed by atoms with Crippen LogP contribution in [-0.2, 0) is 0 Å². The Hall–Kier alpha value is -13.1. The molecule has 4 heterocycles. The van der Waals surface area contributed by atoms with Gasteiger partial charge in [0.15, 0.2) is 23.0 Å². The van der Waals surface area contributed by atoms with Crippen LogP contribution in [0.15, 0.2) is 358 Å². The molecule has 18 aromatic carbocycles. The normalized spacial score (nSPS) is 12.3. The van der Waals surface area contributed by atoms with Crippen LogP contribution in [0.3, 0.4) is 0 Å². The number of benzene rings is 18. The Kier molecular flexibility index (Phi) is 13.2. The fraction of sp³-hybridized carbons (Fsp3) is 0. The molecular formula is C96H56O5S. The van der Waals surface area contributed by atoms with E-state index < -0.39 is 0 Å². The maximum Gasteiger partial charge on any atom is 0.170 e. The molecule has 476 valence electrons. The second-order valence-corrected chi connectivity index (χ2v) is 27.6. The van der Waals surface area contributed by atoms with Gasteiger partial charge in [-0.2, -0.15) is 0 Å². The Morgan fingerprint density at radius 3 is 0.873 bits per heavy atom. The molecule has 2 aliphatic heterocycles. The number of hydrogen-bond acceptors (Lipinski definition) is 6. The van der Waals surface area contributed by atoms with Crippen LogP contribution in [0.5, 0.6) is 34.5 Å². The predicted octanol–water partition coefficient (Wildman–Crippen LogP) is 28.2. The number of ether oxygens (including phenoxy) is 3. The summed E-state index contributed by atoms with van der Waals surface area (Å²) in [6.07, 6.45) is 0. The van der Waals surface area contributed by atoms with E-state index in [9.17, 15) is 0 Å². The molecule has 2 aliphatic rings. The Morgan fingerprint density at radius 1 is 0.147 bits per heavy atom. The second kappa shape index (κ2) is 23.3. The lowest BCUT2D eigenvalue weighted by molar-refractivity contribution is 0.360. The van der Waals surface area contributed by atoms with Crippen LogP contribution in [-0.4, -0.2) is 0 Å². The van der Waals surface area contributed by atoms with E-state index in [1.807, 2.05) is 66.7 Å². The Balaban J connectivity index is 0.000000133. The third-order valence-electron chi connectivity index (χ3n) is 20.6. The minimum Gasteiger partial charge on any atom is -0.456 e. The first-order valence-corrected chi connectivity index (χ1v) is 35.3. The quantitative estimate of drug-likeness (QED) is 0.155. The van der Waals surface area contributed by atoms with E-state index in [1.165, 1.54) is 75.8 Å². The smallest absolute Gasteiger partial charge is 0.170 e. The van der Waals surface area contributed by atoms with Gasteiger partial charge in [-0.05, 0) is 265 Å². The zero-order valence-electron chi connectivity index (χ0n) is 54.8. The third-order valence-corrected chi connectivity index (χ3v) is 21.7. The highest BCUT2D eigenvalue weighted by molar-refractivity contribution is 7.99. The zero-order valence-corrected chi connectivity index (χ0v) is 55.6. The highest BCUT2D eigenvalue weighted by Gasteiger charge is 2.23. The molecule has 102 heavy (non-hydrogen) atoms. The summed E-state index contributed by atoms with van der Waals surface area (Å²) in [5, 5.41) is 19.7. The minimum absolute atomic E-state index is 0.702. The van der Waals surface area contributed by atoms with Gasteiger partial charge >= 0.3 is 0 Å². The fourth-order valence-electron chi connectivity index (χ4n) is 15.7. The van der Waals surface area contributed by atoms with Crippen LogP contribution < -0.4 is 14.2 Å². The zero-order chi connectivity index (χ0) is 66.9. The molecule has 6 heteroatoms. The molecule has 0 saturated carbocycles. The van der Waals surface area contributed by atoms with Crippen LogP contribution in [0.25, 0.3) is 175 Å². The van der Waals surface area contributed by atoms with E-state index in [0.29, 0.717) is 17.2 Å². The average molecular weight is 1320 g/mol. The van der Waals surface area contributed by atoms with Crippen molar-refractivity contribution in [2.45, 2.75) is 9.79 Å². The number of rotatable bonds is 6. The summed E-state index contributed by atoms with van der Waals surface area (Å²) in [6, 6.07) is 121. The molecule has 0 bridgehead atoms. The van der Waals surface area contributed by atoms with Gasteiger partial charge in [-0.3, -0.25) is 0 Å². The summed E-state index contributed by atoms with van der Waals surface area (Å²) >= 11 is 1.76. The number of hydrogen-bond donors (Lipinski definition) is 0. The van der Waals surface area contributed by atoms with Gasteiger partial charge in [0.2, 0.25) is 0 Å². The van der Waals surface area contributed by atoms with Crippen molar-refractivity contribution in [3.8, 4) is 101 Å². The first-order valence-electron chi connectivity index (χ1n) is 34.5. The fourth-order valence-corrected chi connectivity index (χ4v) is 16.6. The van der Waals surface area contributed by atoms with E-state index in [2.05, 4.69) is 273 Å². The minimum atomic E-state index is 0.702. The summed E-state index contributed by atoms with van der Waals surface area (Å²) in [5.74, 6) is 4.65. The molecule has 0 unspecified atom stereocenters. The molecule has 0 saturated heterocycles. The predicted molar refractivity (Wildman–Crippen MR) is 422 cm³/mol. The van der Waals surface area contributed by atoms with Crippen molar-refractivity contribution in [3.63, 3.8) is 0 Å². The van der Waals surface area contributed by atoms with Crippen molar-refractivity contribution in [1.29, 1.82) is 0 Å². The number of fused-ring (bicyclic) bond motifs is 22. The maximum absolute atomic E-state index is 6.34. The van der Waals surface area contributed by atoms with Crippen molar-refractivity contribution >= 4 is 120 Å². The summed E-state index contributed by atoms with van der Waals surface area (Å²) < 4.78 is 31.2. The lowest BCUT2D eigenvalue weighted by atomic mass is 9.89. The van der Waals surface area contributed by atoms with Crippen LogP contribution in [0.4, 0.5) is 0 Å². The summed E-state index contributed by atoms with van der Waals surface area (Å²) in [7, 11) is 0. The monoisotopic (exact) mass is 1320 g/mol. The lowest BCUT2D eigenvalue weighted by Gasteiger charge is -2.21. The van der Waals surface area contributed by atoms with Crippen LogP contribution in [0.2, 0.25) is 0 Å². The standard InChI is InChI=1S/C48H28O3.C48H28O2S/c1-2-11-37-35(9-1)36-10-3-4-12-38(36)41-26-29(17-20-39(37)41)32-23-33(30-18-21-44-42(27-30)40-13-5-6-14-43(40)49-44)25-34(24-32)31-19-22-47-48(28-31)51-46-16-8-7-15-45(46)50-47;1-2-11-37-35(9-1)36-10-3-4-12-38(36)41-26-29(17-20-39(37)41)32-23-33(30-18-21-44-42(27-30)40-13-5-6-14-43(40)49-44)25-34(24-32)31-19-22-46-48(28-31)51-47-16-8-7-15-45(47)50-46/h2*1-28H. The Morgan fingerprint density at radius 2 is 0.422 bits per heavy atom. The van der Waals surface area contributed by atoms with Crippen molar-refractivity contribution < 1.29 is 23.0 Å².